The Morgan fingerprint density at radius 3 is 1.62 bits per heavy atom. The summed E-state index contributed by atoms with van der Waals surface area (Å²) in [5.41, 5.74) is 3.50. The van der Waals surface area contributed by atoms with Gasteiger partial charge in [0.25, 0.3) is 0 Å². The average Bonchev–Trinajstić information content (AvgIpc) is 2.78. The van der Waals surface area contributed by atoms with E-state index in [4.69, 9.17) is 4.74 Å². The highest BCUT2D eigenvalue weighted by atomic mass is 16.5. The third-order valence-electron chi connectivity index (χ3n) is 5.89. The van der Waals surface area contributed by atoms with E-state index >= 15 is 0 Å². The van der Waals surface area contributed by atoms with Crippen molar-refractivity contribution in [3.05, 3.63) is 114 Å². The highest BCUT2D eigenvalue weighted by molar-refractivity contribution is 5.95. The van der Waals surface area contributed by atoms with Crippen LogP contribution < -0.4 is 4.74 Å². The van der Waals surface area contributed by atoms with E-state index in [-0.39, 0.29) is 11.7 Å². The summed E-state index contributed by atoms with van der Waals surface area (Å²) >= 11 is 0. The molecule has 0 aromatic heterocycles. The number of phenols is 1. The second-order valence-electron chi connectivity index (χ2n) is 7.52. The lowest BCUT2D eigenvalue weighted by Crippen LogP contribution is -2.13. The van der Waals surface area contributed by atoms with Crippen molar-refractivity contribution in [1.29, 1.82) is 0 Å². The summed E-state index contributed by atoms with van der Waals surface area (Å²) in [4.78, 5) is 0. The van der Waals surface area contributed by atoms with Crippen molar-refractivity contribution in [1.82, 2.24) is 0 Å². The topological polar surface area (TPSA) is 29.5 Å². The molecule has 5 aromatic carbocycles. The molecule has 0 saturated heterocycles. The van der Waals surface area contributed by atoms with Crippen molar-refractivity contribution in [2.24, 2.45) is 0 Å². The van der Waals surface area contributed by atoms with Crippen molar-refractivity contribution in [2.45, 2.75) is 5.92 Å². The van der Waals surface area contributed by atoms with Gasteiger partial charge in [-0.05, 0) is 51.4 Å². The first-order chi connectivity index (χ1) is 14.3. The molecule has 0 fully saturated rings. The van der Waals surface area contributed by atoms with Gasteiger partial charge in [0.2, 0.25) is 0 Å². The molecule has 5 aromatic rings. The van der Waals surface area contributed by atoms with Crippen LogP contribution in [0.1, 0.15) is 22.6 Å². The average molecular weight is 374 g/mol. The van der Waals surface area contributed by atoms with E-state index in [1.54, 1.807) is 12.1 Å². The number of aromatic hydroxyl groups is 1. The zero-order chi connectivity index (χ0) is 19.4. The molecule has 0 atom stereocenters. The van der Waals surface area contributed by atoms with Crippen LogP contribution in [0.4, 0.5) is 0 Å². The molecule has 0 saturated carbocycles. The first kappa shape index (κ1) is 16.2. The van der Waals surface area contributed by atoms with Crippen molar-refractivity contribution in [3.63, 3.8) is 0 Å². The summed E-state index contributed by atoms with van der Waals surface area (Å²) in [5.74, 6) is 2.08. The Morgan fingerprint density at radius 1 is 0.552 bits per heavy atom. The van der Waals surface area contributed by atoms with Gasteiger partial charge in [-0.1, -0.05) is 72.8 Å². The van der Waals surface area contributed by atoms with Gasteiger partial charge in [0, 0.05) is 17.0 Å². The Hall–Kier alpha value is -3.78. The van der Waals surface area contributed by atoms with E-state index in [1.165, 1.54) is 32.7 Å². The maximum absolute atomic E-state index is 9.86. The fraction of sp³-hybridized carbons (Fsp3) is 0.0370. The maximum Gasteiger partial charge on any atom is 0.132 e. The molecule has 0 unspecified atom stereocenters. The molecule has 0 aliphatic carbocycles. The molecule has 138 valence electrons. The second kappa shape index (κ2) is 6.11. The lowest BCUT2D eigenvalue weighted by Gasteiger charge is -2.31. The van der Waals surface area contributed by atoms with E-state index in [1.807, 2.05) is 12.1 Å². The predicted molar refractivity (Wildman–Crippen MR) is 117 cm³/mol. The van der Waals surface area contributed by atoms with Crippen LogP contribution in [0.25, 0.3) is 21.5 Å². The van der Waals surface area contributed by atoms with Gasteiger partial charge in [-0.25, -0.2) is 0 Å². The first-order valence-corrected chi connectivity index (χ1v) is 9.80. The van der Waals surface area contributed by atoms with Crippen molar-refractivity contribution < 1.29 is 9.84 Å². The number of hydrogen-bond donors (Lipinski definition) is 1. The molecule has 0 radical (unpaired) electrons. The van der Waals surface area contributed by atoms with Gasteiger partial charge in [-0.2, -0.15) is 0 Å². The Kier molecular flexibility index (Phi) is 3.41. The first-order valence-electron chi connectivity index (χ1n) is 9.80. The second-order valence-corrected chi connectivity index (χ2v) is 7.52. The van der Waals surface area contributed by atoms with Crippen LogP contribution >= 0.6 is 0 Å². The molecule has 1 heterocycles. The summed E-state index contributed by atoms with van der Waals surface area (Å²) in [6, 6.07) is 32.9. The zero-order valence-electron chi connectivity index (χ0n) is 15.7. The van der Waals surface area contributed by atoms with E-state index in [0.717, 1.165) is 17.1 Å². The Balaban J connectivity index is 1.75. The monoisotopic (exact) mass is 374 g/mol. The molecular formula is C27H18O2. The quantitative estimate of drug-likeness (QED) is 0.336. The van der Waals surface area contributed by atoms with Crippen LogP contribution in [0.15, 0.2) is 97.1 Å². The molecule has 6 rings (SSSR count). The molecule has 0 bridgehead atoms. The number of benzene rings is 5. The molecule has 1 aliphatic heterocycles. The largest absolute Gasteiger partial charge is 0.508 e. The number of phenolic OH excluding ortho intramolecular Hbond substituents is 1. The summed E-state index contributed by atoms with van der Waals surface area (Å²) in [6.45, 7) is 0. The zero-order valence-corrected chi connectivity index (χ0v) is 15.7. The van der Waals surface area contributed by atoms with Crippen molar-refractivity contribution in [3.8, 4) is 17.2 Å². The fourth-order valence-corrected chi connectivity index (χ4v) is 4.59. The number of fused-ring (bicyclic) bond motifs is 6. The lowest BCUT2D eigenvalue weighted by atomic mass is 9.78. The molecule has 1 N–H and O–H groups in total. The fourth-order valence-electron chi connectivity index (χ4n) is 4.59. The minimum atomic E-state index is 0.0200. The SMILES string of the molecule is Oc1ccc(C2c3c(ccc4ccccc34)Oc3ccc4ccccc4c32)cc1. The summed E-state index contributed by atoms with van der Waals surface area (Å²) in [6.07, 6.45) is 0. The summed E-state index contributed by atoms with van der Waals surface area (Å²) in [7, 11) is 0. The van der Waals surface area contributed by atoms with Crippen molar-refractivity contribution in [2.75, 3.05) is 0 Å². The van der Waals surface area contributed by atoms with Crippen molar-refractivity contribution >= 4 is 21.5 Å². The third-order valence-corrected chi connectivity index (χ3v) is 5.89. The third kappa shape index (κ3) is 2.43. The molecule has 0 amide bonds. The molecule has 1 aliphatic rings. The molecule has 2 heteroatoms. The highest BCUT2D eigenvalue weighted by Gasteiger charge is 2.31. The van der Waals surface area contributed by atoms with Crippen LogP contribution in [0.3, 0.4) is 0 Å². The van der Waals surface area contributed by atoms with E-state index < -0.39 is 0 Å². The van der Waals surface area contributed by atoms with Gasteiger partial charge < -0.3 is 9.84 Å². The van der Waals surface area contributed by atoms with E-state index in [9.17, 15) is 5.11 Å². The van der Waals surface area contributed by atoms with Crippen LogP contribution in [0.2, 0.25) is 0 Å². The number of rotatable bonds is 1. The summed E-state index contributed by atoms with van der Waals surface area (Å²) in [5, 5.41) is 14.6. The predicted octanol–water partition coefficient (Wildman–Crippen LogP) is 6.98. The van der Waals surface area contributed by atoms with Crippen LogP contribution in [-0.2, 0) is 0 Å². The smallest absolute Gasteiger partial charge is 0.132 e. The number of ether oxygens (including phenoxy) is 1. The minimum Gasteiger partial charge on any atom is -0.508 e. The van der Waals surface area contributed by atoms with E-state index in [2.05, 4.69) is 72.8 Å². The Morgan fingerprint density at radius 2 is 1.07 bits per heavy atom. The highest BCUT2D eigenvalue weighted by Crippen LogP contribution is 2.52. The van der Waals surface area contributed by atoms with E-state index in [0.29, 0.717) is 0 Å². The van der Waals surface area contributed by atoms with Crippen LogP contribution in [-0.4, -0.2) is 5.11 Å². The van der Waals surface area contributed by atoms with Crippen LogP contribution in [0.5, 0.6) is 17.2 Å². The summed E-state index contributed by atoms with van der Waals surface area (Å²) < 4.78 is 6.42. The molecule has 29 heavy (non-hydrogen) atoms. The molecule has 0 spiro atoms. The van der Waals surface area contributed by atoms with Gasteiger partial charge in [0.05, 0.1) is 0 Å². The van der Waals surface area contributed by atoms with Gasteiger partial charge >= 0.3 is 0 Å². The lowest BCUT2D eigenvalue weighted by molar-refractivity contribution is 0.456. The molecular weight excluding hydrogens is 356 g/mol. The van der Waals surface area contributed by atoms with Gasteiger partial charge in [0.15, 0.2) is 0 Å². The minimum absolute atomic E-state index is 0.0200. The van der Waals surface area contributed by atoms with Crippen LogP contribution in [0, 0.1) is 0 Å². The van der Waals surface area contributed by atoms with Gasteiger partial charge in [0.1, 0.15) is 17.2 Å². The standard InChI is InChI=1S/C27H18O2/c28-20-13-9-19(10-14-20)25-26-21-7-3-1-5-17(21)11-15-23(26)29-24-16-12-18-6-2-4-8-22(18)27(24)25/h1-16,25,28H. The van der Waals surface area contributed by atoms with Gasteiger partial charge in [-0.15, -0.1) is 0 Å². The number of hydrogen-bond acceptors (Lipinski definition) is 2. The van der Waals surface area contributed by atoms with Gasteiger partial charge in [-0.3, -0.25) is 0 Å². The normalized spacial score (nSPS) is 13.1. The molecule has 2 nitrogen and oxygen atoms in total. The Labute approximate surface area is 168 Å². The Bertz CT molecular complexity index is 1300. The maximum atomic E-state index is 9.86.